The van der Waals surface area contributed by atoms with Crippen molar-refractivity contribution in [1.29, 1.82) is 0 Å². The molecule has 0 atom stereocenters. The molecule has 4 N–H and O–H groups in total. The minimum Gasteiger partial charge on any atom is -0.365 e. The Morgan fingerprint density at radius 2 is 1.88 bits per heavy atom. The van der Waals surface area contributed by atoms with Gasteiger partial charge in [-0.3, -0.25) is 14.7 Å². The second kappa shape index (κ2) is 4.99. The van der Waals surface area contributed by atoms with Crippen LogP contribution in [-0.4, -0.2) is 22.0 Å². The van der Waals surface area contributed by atoms with Crippen LogP contribution in [0.5, 0.6) is 0 Å². The number of nitrogens with one attached hydrogen (secondary N) is 2. The largest absolute Gasteiger partial charge is 0.365 e. The molecule has 0 aliphatic carbocycles. The third-order valence-corrected chi connectivity index (χ3v) is 2.38. The molecule has 0 aromatic carbocycles. The van der Waals surface area contributed by atoms with Crippen LogP contribution in [0.2, 0.25) is 0 Å². The van der Waals surface area contributed by atoms with E-state index in [9.17, 15) is 9.59 Å². The zero-order chi connectivity index (χ0) is 13.2. The lowest BCUT2D eigenvalue weighted by Gasteiger charge is -2.07. The summed E-state index contributed by atoms with van der Waals surface area (Å²) in [5.74, 6) is -0.694. The van der Waals surface area contributed by atoms with Crippen LogP contribution in [0.1, 0.15) is 49.7 Å². The maximum Gasteiger partial charge on any atom is 0.254 e. The molecule has 6 nitrogen and oxygen atoms in total. The highest BCUT2D eigenvalue weighted by Crippen LogP contribution is 2.23. The summed E-state index contributed by atoms with van der Waals surface area (Å²) in [6.45, 7) is 7.34. The summed E-state index contributed by atoms with van der Waals surface area (Å²) in [6, 6.07) is 0. The first kappa shape index (κ1) is 13.2. The molecule has 0 radical (unpaired) electrons. The molecule has 1 heterocycles. The highest BCUT2D eigenvalue weighted by Gasteiger charge is 2.22. The van der Waals surface area contributed by atoms with E-state index in [1.165, 1.54) is 0 Å². The van der Waals surface area contributed by atoms with E-state index in [4.69, 9.17) is 5.73 Å². The van der Waals surface area contributed by atoms with Crippen LogP contribution in [0, 0.1) is 5.92 Å². The summed E-state index contributed by atoms with van der Waals surface area (Å²) in [6.07, 6.45) is 0. The molecule has 94 valence electrons. The standard InChI is InChI=1S/C11H18N4O2/c1-5(2)8-7(9(12)16)10(15-14-8)13-11(17)6(3)4/h5-6H,1-4H3,(H2,12,16)(H2,13,14,15,17). The number of carbonyl (C=O) groups excluding carboxylic acids is 2. The predicted molar refractivity (Wildman–Crippen MR) is 64.7 cm³/mol. The zero-order valence-corrected chi connectivity index (χ0v) is 10.5. The summed E-state index contributed by atoms with van der Waals surface area (Å²) >= 11 is 0. The smallest absolute Gasteiger partial charge is 0.254 e. The van der Waals surface area contributed by atoms with E-state index >= 15 is 0 Å². The van der Waals surface area contributed by atoms with E-state index in [0.717, 1.165) is 0 Å². The third kappa shape index (κ3) is 2.83. The minimum atomic E-state index is -0.596. The summed E-state index contributed by atoms with van der Waals surface area (Å²) < 4.78 is 0. The number of anilines is 1. The molecular formula is C11H18N4O2. The number of amides is 2. The van der Waals surface area contributed by atoms with Crippen LogP contribution < -0.4 is 11.1 Å². The van der Waals surface area contributed by atoms with Gasteiger partial charge in [-0.25, -0.2) is 0 Å². The molecular weight excluding hydrogens is 220 g/mol. The Hall–Kier alpha value is -1.85. The Kier molecular flexibility index (Phi) is 3.88. The van der Waals surface area contributed by atoms with Crippen LogP contribution in [-0.2, 0) is 4.79 Å². The van der Waals surface area contributed by atoms with Crippen molar-refractivity contribution in [2.75, 3.05) is 5.32 Å². The number of H-pyrrole nitrogens is 1. The second-order valence-corrected chi connectivity index (χ2v) is 4.52. The van der Waals surface area contributed by atoms with Gasteiger partial charge in [0.25, 0.3) is 5.91 Å². The van der Waals surface area contributed by atoms with Crippen molar-refractivity contribution in [3.05, 3.63) is 11.3 Å². The average molecular weight is 238 g/mol. The van der Waals surface area contributed by atoms with Crippen molar-refractivity contribution in [1.82, 2.24) is 10.2 Å². The van der Waals surface area contributed by atoms with Crippen molar-refractivity contribution >= 4 is 17.6 Å². The maximum absolute atomic E-state index is 11.5. The van der Waals surface area contributed by atoms with Gasteiger partial charge in [-0.15, -0.1) is 0 Å². The van der Waals surface area contributed by atoms with Crippen LogP contribution >= 0.6 is 0 Å². The lowest BCUT2D eigenvalue weighted by atomic mass is 10.1. The molecule has 1 aromatic rings. The van der Waals surface area contributed by atoms with E-state index in [-0.39, 0.29) is 29.1 Å². The van der Waals surface area contributed by atoms with Crippen LogP contribution in [0.4, 0.5) is 5.82 Å². The molecule has 0 unspecified atom stereocenters. The Bertz CT molecular complexity index is 435. The molecule has 0 saturated heterocycles. The van der Waals surface area contributed by atoms with Gasteiger partial charge in [0.2, 0.25) is 5.91 Å². The van der Waals surface area contributed by atoms with Crippen molar-refractivity contribution in [3.63, 3.8) is 0 Å². The molecule has 0 spiro atoms. The van der Waals surface area contributed by atoms with Crippen molar-refractivity contribution in [3.8, 4) is 0 Å². The topological polar surface area (TPSA) is 101 Å². The van der Waals surface area contributed by atoms with Gasteiger partial charge >= 0.3 is 0 Å². The highest BCUT2D eigenvalue weighted by atomic mass is 16.2. The first-order valence-corrected chi connectivity index (χ1v) is 5.53. The summed E-state index contributed by atoms with van der Waals surface area (Å²) in [4.78, 5) is 22.9. The van der Waals surface area contributed by atoms with Crippen molar-refractivity contribution < 1.29 is 9.59 Å². The first-order valence-electron chi connectivity index (χ1n) is 5.53. The van der Waals surface area contributed by atoms with Crippen LogP contribution in [0.15, 0.2) is 0 Å². The molecule has 0 saturated carbocycles. The van der Waals surface area contributed by atoms with Gasteiger partial charge < -0.3 is 11.1 Å². The molecule has 1 aromatic heterocycles. The molecule has 0 fully saturated rings. The summed E-state index contributed by atoms with van der Waals surface area (Å²) in [7, 11) is 0. The van der Waals surface area contributed by atoms with E-state index in [2.05, 4.69) is 15.5 Å². The third-order valence-electron chi connectivity index (χ3n) is 2.38. The quantitative estimate of drug-likeness (QED) is 0.735. The van der Waals surface area contributed by atoms with Gasteiger partial charge in [-0.2, -0.15) is 5.10 Å². The number of hydrogen-bond acceptors (Lipinski definition) is 3. The van der Waals surface area contributed by atoms with Gasteiger partial charge in [0.1, 0.15) is 5.56 Å². The van der Waals surface area contributed by atoms with Gasteiger partial charge in [0, 0.05) is 5.92 Å². The van der Waals surface area contributed by atoms with Crippen molar-refractivity contribution in [2.45, 2.75) is 33.6 Å². The number of carbonyl (C=O) groups is 2. The Morgan fingerprint density at radius 3 is 2.29 bits per heavy atom. The molecule has 0 bridgehead atoms. The minimum absolute atomic E-state index is 0.0784. The number of hydrogen-bond donors (Lipinski definition) is 3. The molecule has 2 amide bonds. The number of nitrogens with zero attached hydrogens (tertiary/aromatic N) is 1. The van der Waals surface area contributed by atoms with Gasteiger partial charge in [-0.05, 0) is 5.92 Å². The number of primary amides is 1. The molecule has 1 rings (SSSR count). The Balaban J connectivity index is 3.09. The lowest BCUT2D eigenvalue weighted by Crippen LogP contribution is -2.21. The molecule has 17 heavy (non-hydrogen) atoms. The first-order chi connectivity index (χ1) is 7.84. The monoisotopic (exact) mass is 238 g/mol. The lowest BCUT2D eigenvalue weighted by molar-refractivity contribution is -0.118. The summed E-state index contributed by atoms with van der Waals surface area (Å²) in [5.41, 5.74) is 6.19. The van der Waals surface area contributed by atoms with Crippen LogP contribution in [0.25, 0.3) is 0 Å². The predicted octanol–water partition coefficient (Wildman–Crippen LogP) is 1.23. The number of nitrogens with two attached hydrogens (primary N) is 1. The second-order valence-electron chi connectivity index (χ2n) is 4.52. The zero-order valence-electron chi connectivity index (χ0n) is 10.5. The van der Waals surface area contributed by atoms with Gasteiger partial charge in [0.05, 0.1) is 5.69 Å². The van der Waals surface area contributed by atoms with Crippen LogP contribution in [0.3, 0.4) is 0 Å². The summed E-state index contributed by atoms with van der Waals surface area (Å²) in [5, 5.41) is 9.24. The maximum atomic E-state index is 11.5. The van der Waals surface area contributed by atoms with E-state index in [1.807, 2.05) is 13.8 Å². The highest BCUT2D eigenvalue weighted by molar-refractivity contribution is 6.03. The Morgan fingerprint density at radius 1 is 1.29 bits per heavy atom. The Labute approximate surface area is 100.0 Å². The van der Waals surface area contributed by atoms with E-state index in [1.54, 1.807) is 13.8 Å². The fourth-order valence-corrected chi connectivity index (χ4v) is 1.37. The van der Waals surface area contributed by atoms with Gasteiger partial charge in [0.15, 0.2) is 5.82 Å². The SMILES string of the molecule is CC(C)C(=O)Nc1n[nH]c(C(C)C)c1C(N)=O. The molecule has 6 heteroatoms. The van der Waals surface area contributed by atoms with E-state index < -0.39 is 5.91 Å². The van der Waals surface area contributed by atoms with Crippen molar-refractivity contribution in [2.24, 2.45) is 11.7 Å². The number of aromatic nitrogens is 2. The fourth-order valence-electron chi connectivity index (χ4n) is 1.37. The normalized spacial score (nSPS) is 10.9. The molecule has 0 aliphatic rings. The average Bonchev–Trinajstić information content (AvgIpc) is 2.61. The molecule has 0 aliphatic heterocycles. The van der Waals surface area contributed by atoms with Gasteiger partial charge in [-0.1, -0.05) is 27.7 Å². The number of aromatic amines is 1. The fraction of sp³-hybridized carbons (Fsp3) is 0.545. The van der Waals surface area contributed by atoms with E-state index in [0.29, 0.717) is 5.69 Å². The number of rotatable bonds is 4.